The number of anilines is 1. The number of benzene rings is 2. The summed E-state index contributed by atoms with van der Waals surface area (Å²) in [6.07, 6.45) is 3.96. The van der Waals surface area contributed by atoms with Crippen LogP contribution in [-0.2, 0) is 0 Å². The van der Waals surface area contributed by atoms with E-state index in [0.717, 1.165) is 17.6 Å². The summed E-state index contributed by atoms with van der Waals surface area (Å²) in [6.45, 7) is 2.18. The molecule has 1 unspecified atom stereocenters. The number of rotatable bonds is 3. The first-order valence-electron chi connectivity index (χ1n) is 6.98. The molecule has 0 aliphatic carbocycles. The molecule has 2 nitrogen and oxygen atoms in total. The van der Waals surface area contributed by atoms with Crippen molar-refractivity contribution in [3.63, 3.8) is 0 Å². The number of piperidine rings is 1. The number of hydrogen-bond acceptors (Lipinski definition) is 2. The van der Waals surface area contributed by atoms with Crippen LogP contribution >= 0.6 is 15.9 Å². The van der Waals surface area contributed by atoms with E-state index in [1.165, 1.54) is 35.7 Å². The first-order valence-corrected chi connectivity index (χ1v) is 7.77. The Hall–Kier alpha value is -1.06. The van der Waals surface area contributed by atoms with Gasteiger partial charge in [-0.05, 0) is 54.4 Å². The molecular weight excluding hydrogens is 300 g/mol. The van der Waals surface area contributed by atoms with Gasteiger partial charge in [0.25, 0.3) is 0 Å². The maximum atomic E-state index is 3.57. The fraction of sp³-hybridized carbons (Fsp3) is 0.375. The van der Waals surface area contributed by atoms with Gasteiger partial charge in [0.15, 0.2) is 0 Å². The molecule has 0 radical (unpaired) electrons. The molecule has 2 aromatic rings. The van der Waals surface area contributed by atoms with Crippen LogP contribution < -0.4 is 10.6 Å². The molecule has 1 atom stereocenters. The van der Waals surface area contributed by atoms with Crippen molar-refractivity contribution in [1.82, 2.24) is 5.32 Å². The van der Waals surface area contributed by atoms with Crippen LogP contribution in [0.5, 0.6) is 0 Å². The Morgan fingerprint density at radius 3 is 2.79 bits per heavy atom. The normalized spacial score (nSPS) is 19.5. The smallest absolute Gasteiger partial charge is 0.0347 e. The van der Waals surface area contributed by atoms with Crippen LogP contribution in [0.25, 0.3) is 10.8 Å². The van der Waals surface area contributed by atoms with E-state index >= 15 is 0 Å². The minimum Gasteiger partial charge on any atom is -0.383 e. The van der Waals surface area contributed by atoms with Crippen molar-refractivity contribution in [2.75, 3.05) is 18.4 Å². The van der Waals surface area contributed by atoms with Crippen molar-refractivity contribution >= 4 is 32.4 Å². The monoisotopic (exact) mass is 318 g/mol. The molecule has 3 heteroatoms. The van der Waals surface area contributed by atoms with E-state index in [1.54, 1.807) is 0 Å². The summed E-state index contributed by atoms with van der Waals surface area (Å²) in [6, 6.07) is 13.6. The molecule has 1 aliphatic rings. The molecule has 2 N–H and O–H groups in total. The molecule has 100 valence electrons. The summed E-state index contributed by atoms with van der Waals surface area (Å²) in [7, 11) is 0. The van der Waals surface area contributed by atoms with Gasteiger partial charge in [-0.25, -0.2) is 0 Å². The molecular formula is C16H19BrN2. The van der Waals surface area contributed by atoms with Crippen LogP contribution in [0.4, 0.5) is 5.69 Å². The third kappa shape index (κ3) is 3.28. The first-order chi connectivity index (χ1) is 9.31. The van der Waals surface area contributed by atoms with Crippen LogP contribution in [0.3, 0.4) is 0 Å². The molecule has 19 heavy (non-hydrogen) atoms. The van der Waals surface area contributed by atoms with Crippen molar-refractivity contribution in [3.05, 3.63) is 40.9 Å². The van der Waals surface area contributed by atoms with Gasteiger partial charge >= 0.3 is 0 Å². The average Bonchev–Trinajstić information content (AvgIpc) is 2.46. The average molecular weight is 319 g/mol. The summed E-state index contributed by atoms with van der Waals surface area (Å²) >= 11 is 3.51. The second-order valence-electron chi connectivity index (χ2n) is 5.23. The van der Waals surface area contributed by atoms with Crippen molar-refractivity contribution in [3.8, 4) is 0 Å². The zero-order chi connectivity index (χ0) is 13.1. The van der Waals surface area contributed by atoms with Crippen LogP contribution in [-0.4, -0.2) is 19.1 Å². The van der Waals surface area contributed by atoms with Gasteiger partial charge in [0.1, 0.15) is 0 Å². The van der Waals surface area contributed by atoms with Gasteiger partial charge in [-0.1, -0.05) is 34.5 Å². The van der Waals surface area contributed by atoms with Crippen molar-refractivity contribution in [2.24, 2.45) is 0 Å². The Kier molecular flexibility index (Phi) is 4.04. The molecule has 0 amide bonds. The molecule has 1 heterocycles. The SMILES string of the molecule is Brc1ccc2cc(NCC3CCCCN3)ccc2c1. The van der Waals surface area contributed by atoms with Gasteiger partial charge in [-0.15, -0.1) is 0 Å². The molecule has 0 bridgehead atoms. The van der Waals surface area contributed by atoms with Gasteiger partial charge in [0.2, 0.25) is 0 Å². The Morgan fingerprint density at radius 1 is 1.11 bits per heavy atom. The lowest BCUT2D eigenvalue weighted by Crippen LogP contribution is -2.39. The lowest BCUT2D eigenvalue weighted by Gasteiger charge is -2.24. The third-order valence-corrected chi connectivity index (χ3v) is 4.26. The zero-order valence-corrected chi connectivity index (χ0v) is 12.5. The summed E-state index contributed by atoms with van der Waals surface area (Å²) in [4.78, 5) is 0. The van der Waals surface area contributed by atoms with Gasteiger partial charge in [0, 0.05) is 22.7 Å². The van der Waals surface area contributed by atoms with Crippen molar-refractivity contribution < 1.29 is 0 Å². The standard InChI is InChI=1S/C16H19BrN2/c17-14-6-4-13-10-15(7-5-12(13)9-14)19-11-16-3-1-2-8-18-16/h4-7,9-10,16,18-19H,1-3,8,11H2. The second kappa shape index (κ2) is 5.93. The minimum atomic E-state index is 0.620. The fourth-order valence-corrected chi connectivity index (χ4v) is 3.04. The van der Waals surface area contributed by atoms with Gasteiger partial charge in [-0.3, -0.25) is 0 Å². The van der Waals surface area contributed by atoms with Crippen LogP contribution in [0.2, 0.25) is 0 Å². The Labute approximate surface area is 122 Å². The highest BCUT2D eigenvalue weighted by molar-refractivity contribution is 9.10. The molecule has 1 saturated heterocycles. The molecule has 0 spiro atoms. The summed E-state index contributed by atoms with van der Waals surface area (Å²) in [5, 5.41) is 9.67. The van der Waals surface area contributed by atoms with Crippen LogP contribution in [0.15, 0.2) is 40.9 Å². The number of halogens is 1. The Balaban J connectivity index is 1.69. The van der Waals surface area contributed by atoms with E-state index in [2.05, 4.69) is 63.0 Å². The lowest BCUT2D eigenvalue weighted by molar-refractivity contribution is 0.414. The molecule has 3 rings (SSSR count). The highest BCUT2D eigenvalue weighted by Gasteiger charge is 2.11. The highest BCUT2D eigenvalue weighted by atomic mass is 79.9. The summed E-state index contributed by atoms with van der Waals surface area (Å²) in [5.41, 5.74) is 1.21. The molecule has 0 aromatic heterocycles. The van der Waals surface area contributed by atoms with Gasteiger partial charge in [0.05, 0.1) is 0 Å². The zero-order valence-electron chi connectivity index (χ0n) is 11.0. The van der Waals surface area contributed by atoms with Gasteiger partial charge in [-0.2, -0.15) is 0 Å². The predicted octanol–water partition coefficient (Wildman–Crippen LogP) is 4.16. The molecule has 1 fully saturated rings. The second-order valence-corrected chi connectivity index (χ2v) is 6.15. The maximum Gasteiger partial charge on any atom is 0.0347 e. The largest absolute Gasteiger partial charge is 0.383 e. The lowest BCUT2D eigenvalue weighted by atomic mass is 10.0. The number of fused-ring (bicyclic) bond motifs is 1. The number of hydrogen-bond donors (Lipinski definition) is 2. The Bertz CT molecular complexity index is 562. The van der Waals surface area contributed by atoms with Crippen molar-refractivity contribution in [1.29, 1.82) is 0 Å². The summed E-state index contributed by atoms with van der Waals surface area (Å²) < 4.78 is 1.13. The predicted molar refractivity (Wildman–Crippen MR) is 85.8 cm³/mol. The fourth-order valence-electron chi connectivity index (χ4n) is 2.67. The molecule has 0 saturated carbocycles. The van der Waals surface area contributed by atoms with Gasteiger partial charge < -0.3 is 10.6 Å². The quantitative estimate of drug-likeness (QED) is 0.888. The van der Waals surface area contributed by atoms with E-state index in [4.69, 9.17) is 0 Å². The Morgan fingerprint density at radius 2 is 1.95 bits per heavy atom. The molecule has 1 aliphatic heterocycles. The third-order valence-electron chi connectivity index (χ3n) is 3.77. The molecule has 2 aromatic carbocycles. The number of nitrogens with one attached hydrogen (secondary N) is 2. The van der Waals surface area contributed by atoms with Crippen LogP contribution in [0.1, 0.15) is 19.3 Å². The van der Waals surface area contributed by atoms with Crippen molar-refractivity contribution in [2.45, 2.75) is 25.3 Å². The van der Waals surface area contributed by atoms with Crippen LogP contribution in [0, 0.1) is 0 Å². The van der Waals surface area contributed by atoms with E-state index in [-0.39, 0.29) is 0 Å². The van der Waals surface area contributed by atoms with E-state index < -0.39 is 0 Å². The van der Waals surface area contributed by atoms with E-state index in [9.17, 15) is 0 Å². The topological polar surface area (TPSA) is 24.1 Å². The summed E-state index contributed by atoms with van der Waals surface area (Å²) in [5.74, 6) is 0. The van der Waals surface area contributed by atoms with E-state index in [0.29, 0.717) is 6.04 Å². The first kappa shape index (κ1) is 12.9. The maximum absolute atomic E-state index is 3.57. The minimum absolute atomic E-state index is 0.620. The highest BCUT2D eigenvalue weighted by Crippen LogP contribution is 2.23. The van der Waals surface area contributed by atoms with E-state index in [1.807, 2.05) is 0 Å².